The van der Waals surface area contributed by atoms with E-state index in [2.05, 4.69) is 0 Å². The molecule has 1 fully saturated rings. The van der Waals surface area contributed by atoms with Crippen molar-refractivity contribution in [1.29, 1.82) is 0 Å². The van der Waals surface area contributed by atoms with Crippen molar-refractivity contribution in [1.82, 2.24) is 0 Å². The molecule has 0 unspecified atom stereocenters. The lowest BCUT2D eigenvalue weighted by Gasteiger charge is -2.07. The van der Waals surface area contributed by atoms with E-state index in [0.29, 0.717) is 13.0 Å². The molecule has 3 heteroatoms. The second-order valence-electron chi connectivity index (χ2n) is 3.35. The SMILES string of the molecule is O=C1CCCCCCCSCCO1. The van der Waals surface area contributed by atoms with Gasteiger partial charge in [0.05, 0.1) is 0 Å². The summed E-state index contributed by atoms with van der Waals surface area (Å²) in [6.45, 7) is 0.601. The van der Waals surface area contributed by atoms with E-state index in [0.717, 1.165) is 12.2 Å². The minimum atomic E-state index is -0.0128. The monoisotopic (exact) mass is 202 g/mol. The first kappa shape index (κ1) is 10.9. The summed E-state index contributed by atoms with van der Waals surface area (Å²) in [7, 11) is 0. The van der Waals surface area contributed by atoms with Gasteiger partial charge < -0.3 is 4.74 Å². The fourth-order valence-electron chi connectivity index (χ4n) is 1.39. The molecule has 76 valence electrons. The molecule has 1 heterocycles. The summed E-state index contributed by atoms with van der Waals surface area (Å²) in [5.41, 5.74) is 0. The van der Waals surface area contributed by atoms with Crippen LogP contribution in [0.25, 0.3) is 0 Å². The predicted molar refractivity (Wildman–Crippen MR) is 56.0 cm³/mol. The summed E-state index contributed by atoms with van der Waals surface area (Å²) in [4.78, 5) is 11.1. The zero-order valence-electron chi connectivity index (χ0n) is 8.09. The number of esters is 1. The minimum absolute atomic E-state index is 0.0128. The summed E-state index contributed by atoms with van der Waals surface area (Å²) >= 11 is 1.89. The molecule has 1 aliphatic heterocycles. The first-order valence-corrected chi connectivity index (χ1v) is 6.28. The smallest absolute Gasteiger partial charge is 0.305 e. The quantitative estimate of drug-likeness (QED) is 0.565. The van der Waals surface area contributed by atoms with Crippen molar-refractivity contribution < 1.29 is 9.53 Å². The standard InChI is InChI=1S/C10H18O2S/c11-10-6-4-2-1-3-5-8-13-9-7-12-10/h1-9H2. The van der Waals surface area contributed by atoms with Gasteiger partial charge >= 0.3 is 5.97 Å². The Bertz CT molecular complexity index is 134. The van der Waals surface area contributed by atoms with E-state index >= 15 is 0 Å². The van der Waals surface area contributed by atoms with Crippen LogP contribution in [0, 0.1) is 0 Å². The van der Waals surface area contributed by atoms with Gasteiger partial charge in [-0.15, -0.1) is 0 Å². The van der Waals surface area contributed by atoms with Gasteiger partial charge in [0.15, 0.2) is 0 Å². The second kappa shape index (κ2) is 7.25. The van der Waals surface area contributed by atoms with Gasteiger partial charge in [0.1, 0.15) is 6.61 Å². The second-order valence-corrected chi connectivity index (χ2v) is 4.58. The van der Waals surface area contributed by atoms with E-state index in [4.69, 9.17) is 4.74 Å². The molecular formula is C10H18O2S. The molecule has 0 aliphatic carbocycles. The number of rotatable bonds is 0. The third kappa shape index (κ3) is 5.97. The zero-order valence-corrected chi connectivity index (χ0v) is 8.91. The molecule has 0 bridgehead atoms. The van der Waals surface area contributed by atoms with Crippen LogP contribution in [0.3, 0.4) is 0 Å². The maximum absolute atomic E-state index is 11.1. The fraction of sp³-hybridized carbons (Fsp3) is 0.900. The van der Waals surface area contributed by atoms with Gasteiger partial charge in [0.2, 0.25) is 0 Å². The van der Waals surface area contributed by atoms with Crippen LogP contribution in [0.15, 0.2) is 0 Å². The van der Waals surface area contributed by atoms with Crippen molar-refractivity contribution in [2.24, 2.45) is 0 Å². The summed E-state index contributed by atoms with van der Waals surface area (Å²) in [6, 6.07) is 0. The average molecular weight is 202 g/mol. The number of thioether (sulfide) groups is 1. The molecule has 13 heavy (non-hydrogen) atoms. The lowest BCUT2D eigenvalue weighted by molar-refractivity contribution is -0.143. The Morgan fingerprint density at radius 3 is 2.69 bits per heavy atom. The third-order valence-electron chi connectivity index (χ3n) is 2.16. The molecule has 0 aromatic carbocycles. The lowest BCUT2D eigenvalue weighted by Crippen LogP contribution is -2.07. The third-order valence-corrected chi connectivity index (χ3v) is 3.19. The molecule has 0 amide bonds. The number of ether oxygens (including phenoxy) is 1. The van der Waals surface area contributed by atoms with Crippen LogP contribution < -0.4 is 0 Å². The zero-order chi connectivity index (χ0) is 9.36. The molecular weight excluding hydrogens is 184 g/mol. The molecule has 0 N–H and O–H groups in total. The Kier molecular flexibility index (Phi) is 6.07. The highest BCUT2D eigenvalue weighted by Crippen LogP contribution is 2.11. The first-order valence-electron chi connectivity index (χ1n) is 5.13. The number of cyclic esters (lactones) is 1. The van der Waals surface area contributed by atoms with Gasteiger partial charge in [-0.05, 0) is 18.6 Å². The van der Waals surface area contributed by atoms with Crippen LogP contribution in [-0.2, 0) is 9.53 Å². The number of carbonyl (C=O) groups is 1. The molecule has 1 aliphatic rings. The van der Waals surface area contributed by atoms with Crippen molar-refractivity contribution >= 4 is 17.7 Å². The van der Waals surface area contributed by atoms with Crippen LogP contribution in [0.5, 0.6) is 0 Å². The van der Waals surface area contributed by atoms with Crippen molar-refractivity contribution in [3.63, 3.8) is 0 Å². The van der Waals surface area contributed by atoms with Gasteiger partial charge in [-0.2, -0.15) is 11.8 Å². The molecule has 0 aromatic heterocycles. The number of hydrogen-bond donors (Lipinski definition) is 0. The highest BCUT2D eigenvalue weighted by atomic mass is 32.2. The molecule has 0 aromatic rings. The Morgan fingerprint density at radius 2 is 1.77 bits per heavy atom. The van der Waals surface area contributed by atoms with E-state index < -0.39 is 0 Å². The van der Waals surface area contributed by atoms with Gasteiger partial charge in [-0.1, -0.05) is 19.3 Å². The van der Waals surface area contributed by atoms with Crippen LogP contribution in [0.1, 0.15) is 38.5 Å². The molecule has 0 atom stereocenters. The number of carbonyl (C=O) groups excluding carboxylic acids is 1. The molecule has 0 spiro atoms. The predicted octanol–water partition coefficient (Wildman–Crippen LogP) is 2.62. The van der Waals surface area contributed by atoms with Crippen LogP contribution >= 0.6 is 11.8 Å². The summed E-state index contributed by atoms with van der Waals surface area (Å²) in [6.07, 6.45) is 6.71. The normalized spacial score (nSPS) is 22.6. The summed E-state index contributed by atoms with van der Waals surface area (Å²) in [5.74, 6) is 2.17. The Balaban J connectivity index is 2.14. The molecule has 0 saturated carbocycles. The largest absolute Gasteiger partial charge is 0.465 e. The van der Waals surface area contributed by atoms with E-state index in [1.54, 1.807) is 0 Å². The van der Waals surface area contributed by atoms with E-state index in [1.165, 1.54) is 31.4 Å². The van der Waals surface area contributed by atoms with Crippen LogP contribution in [0.2, 0.25) is 0 Å². The van der Waals surface area contributed by atoms with Crippen LogP contribution in [0.4, 0.5) is 0 Å². The molecule has 1 saturated heterocycles. The Morgan fingerprint density at radius 1 is 1.00 bits per heavy atom. The maximum atomic E-state index is 11.1. The number of hydrogen-bond acceptors (Lipinski definition) is 3. The van der Waals surface area contributed by atoms with E-state index in [9.17, 15) is 4.79 Å². The van der Waals surface area contributed by atoms with Gasteiger partial charge in [-0.3, -0.25) is 4.79 Å². The summed E-state index contributed by atoms with van der Waals surface area (Å²) in [5, 5.41) is 0. The highest BCUT2D eigenvalue weighted by Gasteiger charge is 2.03. The van der Waals surface area contributed by atoms with Crippen molar-refractivity contribution in [3.8, 4) is 0 Å². The fourth-order valence-corrected chi connectivity index (χ4v) is 2.21. The topological polar surface area (TPSA) is 26.3 Å². The first-order chi connectivity index (χ1) is 6.39. The Labute approximate surface area is 84.4 Å². The lowest BCUT2D eigenvalue weighted by atomic mass is 10.1. The Hall–Kier alpha value is -0.180. The summed E-state index contributed by atoms with van der Waals surface area (Å²) < 4.78 is 5.05. The van der Waals surface area contributed by atoms with Crippen LogP contribution in [-0.4, -0.2) is 24.1 Å². The van der Waals surface area contributed by atoms with Gasteiger partial charge in [0, 0.05) is 12.2 Å². The van der Waals surface area contributed by atoms with Gasteiger partial charge in [-0.25, -0.2) is 0 Å². The van der Waals surface area contributed by atoms with E-state index in [1.807, 2.05) is 11.8 Å². The molecule has 0 radical (unpaired) electrons. The minimum Gasteiger partial charge on any atom is -0.465 e. The van der Waals surface area contributed by atoms with Crippen molar-refractivity contribution in [2.75, 3.05) is 18.1 Å². The molecule has 1 rings (SSSR count). The highest BCUT2D eigenvalue weighted by molar-refractivity contribution is 7.99. The van der Waals surface area contributed by atoms with Crippen molar-refractivity contribution in [2.45, 2.75) is 38.5 Å². The molecule has 2 nitrogen and oxygen atoms in total. The average Bonchev–Trinajstić information content (AvgIpc) is 2.11. The van der Waals surface area contributed by atoms with Gasteiger partial charge in [0.25, 0.3) is 0 Å². The van der Waals surface area contributed by atoms with E-state index in [-0.39, 0.29) is 5.97 Å². The van der Waals surface area contributed by atoms with Crippen molar-refractivity contribution in [3.05, 3.63) is 0 Å². The maximum Gasteiger partial charge on any atom is 0.305 e.